The van der Waals surface area contributed by atoms with Gasteiger partial charge in [0.1, 0.15) is 6.04 Å². The highest BCUT2D eigenvalue weighted by Gasteiger charge is 2.32. The van der Waals surface area contributed by atoms with Crippen LogP contribution in [0.3, 0.4) is 0 Å². The number of hydrogen-bond acceptors (Lipinski definition) is 6. The first-order chi connectivity index (χ1) is 14.2. The smallest absolute Gasteiger partial charge is 0.253 e. The van der Waals surface area contributed by atoms with E-state index < -0.39 is 0 Å². The van der Waals surface area contributed by atoms with E-state index in [9.17, 15) is 4.79 Å². The summed E-state index contributed by atoms with van der Waals surface area (Å²) < 4.78 is 7.62. The van der Waals surface area contributed by atoms with Gasteiger partial charge in [0.05, 0.1) is 12.6 Å². The highest BCUT2D eigenvalue weighted by atomic mass is 16.5. The lowest BCUT2D eigenvalue weighted by molar-refractivity contribution is 0.0912. The van der Waals surface area contributed by atoms with Crippen LogP contribution in [0.15, 0.2) is 29.1 Å². The van der Waals surface area contributed by atoms with E-state index in [4.69, 9.17) is 4.74 Å². The summed E-state index contributed by atoms with van der Waals surface area (Å²) >= 11 is 0. The number of hydrogen-bond donors (Lipinski definition) is 1. The lowest BCUT2D eigenvalue weighted by atomic mass is 10.0. The molecule has 0 unspecified atom stereocenters. The van der Waals surface area contributed by atoms with Gasteiger partial charge in [-0.05, 0) is 79.7 Å². The number of H-pyrrole nitrogens is 1. The molecule has 8 nitrogen and oxygen atoms in total. The second-order valence-corrected chi connectivity index (χ2v) is 8.14. The number of benzene rings is 1. The summed E-state index contributed by atoms with van der Waals surface area (Å²) in [5.74, 6) is 0.722. The van der Waals surface area contributed by atoms with Crippen molar-refractivity contribution in [3.8, 4) is 0 Å². The molecule has 1 N–H and O–H groups in total. The van der Waals surface area contributed by atoms with Crippen molar-refractivity contribution >= 4 is 10.9 Å². The Morgan fingerprint density at radius 3 is 2.90 bits per heavy atom. The Morgan fingerprint density at radius 2 is 2.10 bits per heavy atom. The van der Waals surface area contributed by atoms with E-state index in [0.717, 1.165) is 67.7 Å². The highest BCUT2D eigenvalue weighted by Crippen LogP contribution is 2.30. The maximum atomic E-state index is 13.1. The van der Waals surface area contributed by atoms with Gasteiger partial charge in [0.25, 0.3) is 5.56 Å². The van der Waals surface area contributed by atoms with Gasteiger partial charge in [0.2, 0.25) is 0 Å². The SMILES string of the molecule is Cc1ccc2[nH]c(=O)c([C@@H](c3nnnn3C[C@H]3CCCO3)N3CCCC3)cc2c1. The predicted octanol–water partition coefficient (Wildman–Crippen LogP) is 2.19. The Bertz CT molecular complexity index is 1060. The van der Waals surface area contributed by atoms with Crippen LogP contribution in [0.4, 0.5) is 0 Å². The first-order valence-corrected chi connectivity index (χ1v) is 10.4. The third-order valence-corrected chi connectivity index (χ3v) is 6.03. The van der Waals surface area contributed by atoms with Crippen LogP contribution in [0.5, 0.6) is 0 Å². The summed E-state index contributed by atoms with van der Waals surface area (Å²) in [5.41, 5.74) is 2.64. The number of aryl methyl sites for hydroxylation is 1. The number of rotatable bonds is 5. The number of fused-ring (bicyclic) bond motifs is 1. The van der Waals surface area contributed by atoms with Crippen LogP contribution < -0.4 is 5.56 Å². The monoisotopic (exact) mass is 394 g/mol. The van der Waals surface area contributed by atoms with Gasteiger partial charge in [-0.3, -0.25) is 9.69 Å². The molecule has 29 heavy (non-hydrogen) atoms. The molecule has 1 aromatic carbocycles. The molecule has 2 saturated heterocycles. The molecule has 0 bridgehead atoms. The molecule has 2 atom stereocenters. The third kappa shape index (κ3) is 3.58. The van der Waals surface area contributed by atoms with Crippen LogP contribution in [-0.4, -0.2) is 55.9 Å². The molecule has 0 radical (unpaired) electrons. The first kappa shape index (κ1) is 18.4. The Kier molecular flexibility index (Phi) is 4.89. The van der Waals surface area contributed by atoms with Gasteiger partial charge in [0, 0.05) is 17.7 Å². The fourth-order valence-corrected chi connectivity index (χ4v) is 4.56. The average Bonchev–Trinajstić information content (AvgIpc) is 3.47. The maximum absolute atomic E-state index is 13.1. The average molecular weight is 394 g/mol. The topological polar surface area (TPSA) is 88.9 Å². The molecule has 3 aromatic rings. The van der Waals surface area contributed by atoms with Gasteiger partial charge in [-0.15, -0.1) is 5.10 Å². The van der Waals surface area contributed by atoms with Gasteiger partial charge in [0.15, 0.2) is 5.82 Å². The Labute approximate surface area is 168 Å². The maximum Gasteiger partial charge on any atom is 0.253 e. The number of nitrogens with one attached hydrogen (secondary N) is 1. The minimum atomic E-state index is -0.262. The zero-order chi connectivity index (χ0) is 19.8. The fraction of sp³-hybridized carbons (Fsp3) is 0.524. The highest BCUT2D eigenvalue weighted by molar-refractivity contribution is 5.79. The molecule has 152 valence electrons. The zero-order valence-electron chi connectivity index (χ0n) is 16.7. The molecule has 0 aliphatic carbocycles. The quantitative estimate of drug-likeness (QED) is 0.714. The summed E-state index contributed by atoms with van der Waals surface area (Å²) in [6.07, 6.45) is 4.46. The Hall–Kier alpha value is -2.58. The van der Waals surface area contributed by atoms with Crippen molar-refractivity contribution in [1.82, 2.24) is 30.1 Å². The van der Waals surface area contributed by atoms with Crippen molar-refractivity contribution in [1.29, 1.82) is 0 Å². The molecule has 0 saturated carbocycles. The molecule has 2 aromatic heterocycles. The first-order valence-electron chi connectivity index (χ1n) is 10.4. The number of aromatic amines is 1. The van der Waals surface area contributed by atoms with Gasteiger partial charge < -0.3 is 9.72 Å². The second kappa shape index (κ2) is 7.68. The lowest BCUT2D eigenvalue weighted by Gasteiger charge is -2.27. The van der Waals surface area contributed by atoms with E-state index in [-0.39, 0.29) is 17.7 Å². The van der Waals surface area contributed by atoms with Crippen molar-refractivity contribution < 1.29 is 4.74 Å². The Morgan fingerprint density at radius 1 is 1.24 bits per heavy atom. The van der Waals surface area contributed by atoms with E-state index >= 15 is 0 Å². The van der Waals surface area contributed by atoms with E-state index in [1.807, 2.05) is 22.9 Å². The molecule has 4 heterocycles. The van der Waals surface area contributed by atoms with Crippen molar-refractivity contribution in [2.75, 3.05) is 19.7 Å². The fourth-order valence-electron chi connectivity index (χ4n) is 4.56. The van der Waals surface area contributed by atoms with Gasteiger partial charge in [-0.1, -0.05) is 11.6 Å². The molecule has 2 aliphatic rings. The molecule has 0 spiro atoms. The second-order valence-electron chi connectivity index (χ2n) is 8.14. The van der Waals surface area contributed by atoms with E-state index in [0.29, 0.717) is 12.1 Å². The normalized spacial score (nSPS) is 21.2. The minimum absolute atomic E-state index is 0.0788. The van der Waals surface area contributed by atoms with Crippen LogP contribution in [0.2, 0.25) is 0 Å². The number of pyridine rings is 1. The van der Waals surface area contributed by atoms with Gasteiger partial charge in [-0.2, -0.15) is 0 Å². The van der Waals surface area contributed by atoms with E-state index in [2.05, 4.69) is 38.4 Å². The summed E-state index contributed by atoms with van der Waals surface area (Å²) in [6, 6.07) is 7.82. The summed E-state index contributed by atoms with van der Waals surface area (Å²) in [4.78, 5) is 18.5. The van der Waals surface area contributed by atoms with Gasteiger partial charge >= 0.3 is 0 Å². The molecular formula is C21H26N6O2. The van der Waals surface area contributed by atoms with Crippen molar-refractivity contribution in [2.24, 2.45) is 0 Å². The molecule has 2 fully saturated rings. The standard InChI is InChI=1S/C21H26N6O2/c1-14-6-7-18-15(11-14)12-17(21(28)22-18)19(26-8-2-3-9-26)20-23-24-25-27(20)13-16-5-4-10-29-16/h6-7,11-12,16,19H,2-5,8-10,13H2,1H3,(H,22,28)/t16-,19+/m1/s1. The van der Waals surface area contributed by atoms with Crippen molar-refractivity contribution in [3.05, 3.63) is 51.6 Å². The molecule has 8 heteroatoms. The van der Waals surface area contributed by atoms with Crippen LogP contribution in [0.1, 0.15) is 48.7 Å². The minimum Gasteiger partial charge on any atom is -0.376 e. The summed E-state index contributed by atoms with van der Waals surface area (Å²) in [6.45, 7) is 5.34. The number of tetrazole rings is 1. The van der Waals surface area contributed by atoms with Crippen molar-refractivity contribution in [2.45, 2.75) is 51.3 Å². The summed E-state index contributed by atoms with van der Waals surface area (Å²) in [7, 11) is 0. The number of likely N-dealkylation sites (tertiary alicyclic amines) is 1. The number of aromatic nitrogens is 5. The molecule has 2 aliphatic heterocycles. The lowest BCUT2D eigenvalue weighted by Crippen LogP contribution is -2.34. The molecular weight excluding hydrogens is 368 g/mol. The number of nitrogens with zero attached hydrogens (tertiary/aromatic N) is 5. The van der Waals surface area contributed by atoms with E-state index in [1.54, 1.807) is 0 Å². The van der Waals surface area contributed by atoms with Crippen molar-refractivity contribution in [3.63, 3.8) is 0 Å². The third-order valence-electron chi connectivity index (χ3n) is 6.03. The predicted molar refractivity (Wildman–Crippen MR) is 109 cm³/mol. The largest absolute Gasteiger partial charge is 0.376 e. The van der Waals surface area contributed by atoms with E-state index in [1.165, 1.54) is 0 Å². The van der Waals surface area contributed by atoms with Crippen LogP contribution in [0, 0.1) is 6.92 Å². The molecule has 5 rings (SSSR count). The van der Waals surface area contributed by atoms with Crippen LogP contribution in [-0.2, 0) is 11.3 Å². The number of ether oxygens (including phenoxy) is 1. The van der Waals surface area contributed by atoms with Crippen LogP contribution in [0.25, 0.3) is 10.9 Å². The Balaban J connectivity index is 1.60. The zero-order valence-corrected chi connectivity index (χ0v) is 16.7. The summed E-state index contributed by atoms with van der Waals surface area (Å²) in [5, 5.41) is 13.6. The molecule has 0 amide bonds. The van der Waals surface area contributed by atoms with Gasteiger partial charge in [-0.25, -0.2) is 4.68 Å². The van der Waals surface area contributed by atoms with Crippen LogP contribution >= 0.6 is 0 Å².